The van der Waals surface area contributed by atoms with Gasteiger partial charge in [0.05, 0.1) is 19.9 Å². The first kappa shape index (κ1) is 10.9. The van der Waals surface area contributed by atoms with E-state index >= 15 is 0 Å². The van der Waals surface area contributed by atoms with Gasteiger partial charge in [0, 0.05) is 5.56 Å². The second-order valence-electron chi connectivity index (χ2n) is 3.29. The van der Waals surface area contributed by atoms with Crippen LogP contribution in [0.4, 0.5) is 5.69 Å². The molecule has 1 aromatic heterocycles. The molecule has 0 saturated heterocycles. The van der Waals surface area contributed by atoms with E-state index in [1.807, 2.05) is 0 Å². The van der Waals surface area contributed by atoms with Crippen molar-refractivity contribution in [2.75, 3.05) is 7.11 Å². The lowest BCUT2D eigenvalue weighted by atomic mass is 10.2. The molecule has 0 aliphatic carbocycles. The van der Waals surface area contributed by atoms with E-state index in [0.29, 0.717) is 11.5 Å². The quantitative estimate of drug-likeness (QED) is 0.798. The van der Waals surface area contributed by atoms with Crippen LogP contribution in [0.2, 0.25) is 0 Å². The number of nitrogens with one attached hydrogen (secondary N) is 1. The lowest BCUT2D eigenvalue weighted by molar-refractivity contribution is 0.406. The van der Waals surface area contributed by atoms with Gasteiger partial charge in [-0.1, -0.05) is 24.3 Å². The maximum Gasteiger partial charge on any atom is 0.293 e. The number of rotatable bonds is 2. The number of aromatic nitrogens is 2. The number of hydrogen-bond donors (Lipinski definition) is 1. The smallest absolute Gasteiger partial charge is 0.293 e. The molecule has 0 amide bonds. The number of H-pyrrole nitrogens is 1. The zero-order valence-electron chi connectivity index (χ0n) is 9.10. The molecule has 17 heavy (non-hydrogen) atoms. The molecule has 84 valence electrons. The van der Waals surface area contributed by atoms with Crippen LogP contribution in [0.3, 0.4) is 0 Å². The molecule has 1 heterocycles. The summed E-state index contributed by atoms with van der Waals surface area (Å²) >= 11 is 0. The predicted molar refractivity (Wildman–Crippen MR) is 63.1 cm³/mol. The molecule has 0 aliphatic rings. The first-order chi connectivity index (χ1) is 8.24. The minimum Gasteiger partial charge on any atom is -0.490 e. The molecule has 2 rings (SSSR count). The Hall–Kier alpha value is -2.61. The van der Waals surface area contributed by atoms with Gasteiger partial charge in [0.25, 0.3) is 5.56 Å². The fourth-order valence-corrected chi connectivity index (χ4v) is 1.37. The maximum absolute atomic E-state index is 11.5. The van der Waals surface area contributed by atoms with Crippen LogP contribution in [0.25, 0.3) is 16.2 Å². The average Bonchev–Trinajstić information content (AvgIpc) is 2.39. The minimum atomic E-state index is -0.327. The molecule has 0 atom stereocenters. The van der Waals surface area contributed by atoms with Crippen molar-refractivity contribution in [1.82, 2.24) is 9.97 Å². The van der Waals surface area contributed by atoms with Crippen LogP contribution in [0.5, 0.6) is 5.75 Å². The standard InChI is InChI=1S/C12H9N3O2/c1-13-9-5-3-8(4-6-9)11-14-7-10(17-2)12(16)15-11/h3-7H,2H3,(H,14,15,16). The lowest BCUT2D eigenvalue weighted by Crippen LogP contribution is -2.11. The van der Waals surface area contributed by atoms with E-state index in [9.17, 15) is 4.79 Å². The van der Waals surface area contributed by atoms with E-state index < -0.39 is 0 Å². The highest BCUT2D eigenvalue weighted by atomic mass is 16.5. The maximum atomic E-state index is 11.5. The highest BCUT2D eigenvalue weighted by molar-refractivity contribution is 5.59. The van der Waals surface area contributed by atoms with Crippen molar-refractivity contribution < 1.29 is 4.74 Å². The van der Waals surface area contributed by atoms with Gasteiger partial charge in [0.1, 0.15) is 5.82 Å². The average molecular weight is 227 g/mol. The van der Waals surface area contributed by atoms with E-state index in [4.69, 9.17) is 11.3 Å². The third-order valence-corrected chi connectivity index (χ3v) is 2.26. The summed E-state index contributed by atoms with van der Waals surface area (Å²) in [5.41, 5.74) is 0.966. The van der Waals surface area contributed by atoms with Gasteiger partial charge in [-0.15, -0.1) is 0 Å². The van der Waals surface area contributed by atoms with E-state index in [-0.39, 0.29) is 11.3 Å². The third-order valence-electron chi connectivity index (χ3n) is 2.26. The second-order valence-corrected chi connectivity index (χ2v) is 3.29. The molecule has 0 bridgehead atoms. The van der Waals surface area contributed by atoms with Crippen molar-refractivity contribution in [3.63, 3.8) is 0 Å². The van der Waals surface area contributed by atoms with Crippen LogP contribution in [0.15, 0.2) is 35.3 Å². The lowest BCUT2D eigenvalue weighted by Gasteiger charge is -2.02. The fourth-order valence-electron chi connectivity index (χ4n) is 1.37. The summed E-state index contributed by atoms with van der Waals surface area (Å²) in [7, 11) is 1.41. The molecule has 1 aromatic carbocycles. The van der Waals surface area contributed by atoms with Crippen LogP contribution >= 0.6 is 0 Å². The number of ether oxygens (including phenoxy) is 1. The van der Waals surface area contributed by atoms with Gasteiger partial charge in [-0.3, -0.25) is 4.79 Å². The van der Waals surface area contributed by atoms with E-state index in [1.54, 1.807) is 24.3 Å². The van der Waals surface area contributed by atoms with Crippen molar-refractivity contribution in [2.24, 2.45) is 0 Å². The van der Waals surface area contributed by atoms with Crippen LogP contribution in [0, 0.1) is 6.57 Å². The van der Waals surface area contributed by atoms with Crippen molar-refractivity contribution in [1.29, 1.82) is 0 Å². The zero-order valence-corrected chi connectivity index (χ0v) is 9.10. The Bertz CT molecular complexity index is 623. The molecule has 0 unspecified atom stereocenters. The Kier molecular flexibility index (Phi) is 2.88. The summed E-state index contributed by atoms with van der Waals surface area (Å²) in [6, 6.07) is 6.81. The molecule has 0 radical (unpaired) electrons. The molecule has 0 aliphatic heterocycles. The number of methoxy groups -OCH3 is 1. The topological polar surface area (TPSA) is 59.3 Å². The van der Waals surface area contributed by atoms with Crippen LogP contribution in [0.1, 0.15) is 0 Å². The Morgan fingerprint density at radius 3 is 2.59 bits per heavy atom. The van der Waals surface area contributed by atoms with E-state index in [1.165, 1.54) is 13.3 Å². The number of nitrogens with zero attached hydrogens (tertiary/aromatic N) is 2. The van der Waals surface area contributed by atoms with Gasteiger partial charge >= 0.3 is 0 Å². The van der Waals surface area contributed by atoms with Crippen LogP contribution < -0.4 is 10.3 Å². The number of hydrogen-bond acceptors (Lipinski definition) is 3. The summed E-state index contributed by atoms with van der Waals surface area (Å²) in [5.74, 6) is 0.624. The molecule has 2 aromatic rings. The van der Waals surface area contributed by atoms with Crippen molar-refractivity contribution >= 4 is 5.69 Å². The first-order valence-electron chi connectivity index (χ1n) is 4.86. The molecular weight excluding hydrogens is 218 g/mol. The van der Waals surface area contributed by atoms with Crippen molar-refractivity contribution in [3.05, 3.63) is 52.2 Å². The van der Waals surface area contributed by atoms with Gasteiger partial charge in [0.15, 0.2) is 5.69 Å². The minimum absolute atomic E-state index is 0.173. The van der Waals surface area contributed by atoms with Crippen LogP contribution in [-0.4, -0.2) is 17.1 Å². The monoisotopic (exact) mass is 227 g/mol. The summed E-state index contributed by atoms with van der Waals surface area (Å²) in [6.07, 6.45) is 1.37. The van der Waals surface area contributed by atoms with Gasteiger partial charge in [-0.05, 0) is 0 Å². The largest absolute Gasteiger partial charge is 0.490 e. The number of aromatic amines is 1. The molecule has 0 saturated carbocycles. The summed E-state index contributed by atoms with van der Waals surface area (Å²) in [6.45, 7) is 6.84. The summed E-state index contributed by atoms with van der Waals surface area (Å²) < 4.78 is 4.83. The Labute approximate surface area is 97.5 Å². The SMILES string of the molecule is [C-]#[N+]c1ccc(-c2ncc(OC)c(=O)[nH]2)cc1. The Morgan fingerprint density at radius 2 is 2.06 bits per heavy atom. The van der Waals surface area contributed by atoms with Gasteiger partial charge in [0.2, 0.25) is 5.75 Å². The van der Waals surface area contributed by atoms with E-state index in [0.717, 1.165) is 5.56 Å². The Balaban J connectivity index is 2.43. The second kappa shape index (κ2) is 4.49. The molecular formula is C12H9N3O2. The highest BCUT2D eigenvalue weighted by Crippen LogP contribution is 2.19. The summed E-state index contributed by atoms with van der Waals surface area (Å²) in [4.78, 5) is 21.5. The highest BCUT2D eigenvalue weighted by Gasteiger charge is 2.04. The van der Waals surface area contributed by atoms with Crippen molar-refractivity contribution in [2.45, 2.75) is 0 Å². The number of benzene rings is 1. The van der Waals surface area contributed by atoms with Crippen molar-refractivity contribution in [3.8, 4) is 17.1 Å². The normalized spacial score (nSPS) is 9.65. The zero-order chi connectivity index (χ0) is 12.3. The molecule has 5 heteroatoms. The molecule has 0 fully saturated rings. The fraction of sp³-hybridized carbons (Fsp3) is 0.0833. The van der Waals surface area contributed by atoms with E-state index in [2.05, 4.69) is 14.8 Å². The van der Waals surface area contributed by atoms with Gasteiger partial charge < -0.3 is 9.72 Å². The third kappa shape index (κ3) is 2.16. The molecule has 5 nitrogen and oxygen atoms in total. The molecule has 0 spiro atoms. The predicted octanol–water partition coefficient (Wildman–Crippen LogP) is 2.00. The van der Waals surface area contributed by atoms with Crippen LogP contribution in [-0.2, 0) is 0 Å². The summed E-state index contributed by atoms with van der Waals surface area (Å²) in [5, 5.41) is 0. The van der Waals surface area contributed by atoms with Gasteiger partial charge in [-0.2, -0.15) is 0 Å². The molecule has 1 N–H and O–H groups in total. The Morgan fingerprint density at radius 1 is 1.35 bits per heavy atom. The first-order valence-corrected chi connectivity index (χ1v) is 4.86. The van der Waals surface area contributed by atoms with Gasteiger partial charge in [-0.25, -0.2) is 9.83 Å².